The van der Waals surface area contributed by atoms with E-state index in [-0.39, 0.29) is 24.6 Å². The van der Waals surface area contributed by atoms with Gasteiger partial charge in [-0.25, -0.2) is 0 Å². The number of amides is 1. The molecule has 1 aromatic carbocycles. The second-order valence-corrected chi connectivity index (χ2v) is 6.34. The van der Waals surface area contributed by atoms with Crippen LogP contribution in [0.1, 0.15) is 17.7 Å². The average molecular weight is 389 g/mol. The Hall–Kier alpha value is -3.20. The molecule has 0 saturated heterocycles. The lowest BCUT2D eigenvalue weighted by Crippen LogP contribution is -2.15. The van der Waals surface area contributed by atoms with Crippen LogP contribution in [0, 0.1) is 17.0 Å². The third-order valence-electron chi connectivity index (χ3n) is 3.93. The second kappa shape index (κ2) is 8.00. The summed E-state index contributed by atoms with van der Waals surface area (Å²) in [6.45, 7) is 2.62. The number of aryl methyl sites for hydroxylation is 2. The summed E-state index contributed by atoms with van der Waals surface area (Å²) in [5, 5.41) is 22.3. The monoisotopic (exact) mass is 388 g/mol. The zero-order valence-electron chi connectivity index (χ0n) is 14.5. The molecule has 0 radical (unpaired) electrons. The minimum Gasteiger partial charge on any atom is -0.309 e. The van der Waals surface area contributed by atoms with E-state index in [4.69, 9.17) is 11.6 Å². The van der Waals surface area contributed by atoms with Gasteiger partial charge in [-0.1, -0.05) is 29.8 Å². The Labute approximate surface area is 159 Å². The quantitative estimate of drug-likeness (QED) is 0.494. The van der Waals surface area contributed by atoms with Gasteiger partial charge in [-0.2, -0.15) is 10.2 Å². The Bertz CT molecular complexity index is 981. The molecule has 27 heavy (non-hydrogen) atoms. The van der Waals surface area contributed by atoms with Crippen molar-refractivity contribution in [3.8, 4) is 0 Å². The van der Waals surface area contributed by atoms with Crippen LogP contribution in [-0.4, -0.2) is 30.4 Å². The first kappa shape index (κ1) is 18.6. The fourth-order valence-electron chi connectivity index (χ4n) is 2.51. The Morgan fingerprint density at radius 1 is 1.37 bits per heavy atom. The number of anilines is 1. The number of halogens is 1. The molecule has 9 nitrogen and oxygen atoms in total. The van der Waals surface area contributed by atoms with Gasteiger partial charge in [0.1, 0.15) is 12.4 Å². The van der Waals surface area contributed by atoms with Crippen LogP contribution in [0.3, 0.4) is 0 Å². The number of aromatic nitrogens is 4. The largest absolute Gasteiger partial charge is 0.309 e. The van der Waals surface area contributed by atoms with Gasteiger partial charge in [0, 0.05) is 29.7 Å². The lowest BCUT2D eigenvalue weighted by Gasteiger charge is -2.06. The molecule has 1 amide bonds. The lowest BCUT2D eigenvalue weighted by molar-refractivity contribution is -0.385. The molecule has 0 bridgehead atoms. The highest BCUT2D eigenvalue weighted by Gasteiger charge is 2.12. The maximum atomic E-state index is 12.1. The fraction of sp³-hybridized carbons (Fsp3) is 0.235. The highest BCUT2D eigenvalue weighted by atomic mass is 35.5. The number of carbonyl (C=O) groups is 1. The van der Waals surface area contributed by atoms with Gasteiger partial charge in [0.15, 0.2) is 5.82 Å². The molecule has 2 heterocycles. The summed E-state index contributed by atoms with van der Waals surface area (Å²) in [5.74, 6) is 0.187. The third kappa shape index (κ3) is 4.70. The van der Waals surface area contributed by atoms with Gasteiger partial charge in [0.2, 0.25) is 5.91 Å². The maximum absolute atomic E-state index is 12.1. The summed E-state index contributed by atoms with van der Waals surface area (Å²) < 4.78 is 3.12. The van der Waals surface area contributed by atoms with Crippen LogP contribution in [0.4, 0.5) is 11.5 Å². The molecule has 0 aliphatic rings. The van der Waals surface area contributed by atoms with Crippen molar-refractivity contribution in [3.05, 3.63) is 69.1 Å². The van der Waals surface area contributed by atoms with Gasteiger partial charge in [0.25, 0.3) is 0 Å². The molecule has 3 aromatic rings. The average Bonchev–Trinajstić information content (AvgIpc) is 3.22. The number of benzene rings is 1. The number of nitrogens with zero attached hydrogens (tertiary/aromatic N) is 5. The van der Waals surface area contributed by atoms with E-state index in [2.05, 4.69) is 15.5 Å². The molecule has 3 rings (SSSR count). The van der Waals surface area contributed by atoms with E-state index < -0.39 is 4.92 Å². The van der Waals surface area contributed by atoms with Crippen molar-refractivity contribution in [1.29, 1.82) is 0 Å². The van der Waals surface area contributed by atoms with Crippen molar-refractivity contribution in [2.75, 3.05) is 5.32 Å². The molecule has 0 unspecified atom stereocenters. The molecule has 0 atom stereocenters. The van der Waals surface area contributed by atoms with Gasteiger partial charge < -0.3 is 5.32 Å². The molecular weight excluding hydrogens is 372 g/mol. The Balaban J connectivity index is 1.58. The highest BCUT2D eigenvalue weighted by molar-refractivity contribution is 6.31. The summed E-state index contributed by atoms with van der Waals surface area (Å²) in [6.07, 6.45) is 2.56. The van der Waals surface area contributed by atoms with Crippen molar-refractivity contribution in [3.63, 3.8) is 0 Å². The van der Waals surface area contributed by atoms with Crippen LogP contribution in [0.2, 0.25) is 5.02 Å². The SMILES string of the molecule is Cc1cc(NC(=O)CCn2cc([N+](=O)[O-])cn2)nn1Cc1ccccc1Cl. The van der Waals surface area contributed by atoms with Crippen molar-refractivity contribution >= 4 is 29.0 Å². The van der Waals surface area contributed by atoms with Crippen LogP contribution in [0.25, 0.3) is 0 Å². The number of nitrogens with one attached hydrogen (secondary N) is 1. The molecule has 0 aliphatic heterocycles. The van der Waals surface area contributed by atoms with Gasteiger partial charge >= 0.3 is 5.69 Å². The van der Waals surface area contributed by atoms with Gasteiger partial charge in [-0.15, -0.1) is 0 Å². The van der Waals surface area contributed by atoms with E-state index in [9.17, 15) is 14.9 Å². The van der Waals surface area contributed by atoms with Crippen LogP contribution in [-0.2, 0) is 17.9 Å². The summed E-state index contributed by atoms with van der Waals surface area (Å²) in [7, 11) is 0. The highest BCUT2D eigenvalue weighted by Crippen LogP contribution is 2.18. The normalized spacial score (nSPS) is 10.7. The number of rotatable bonds is 7. The zero-order valence-corrected chi connectivity index (χ0v) is 15.3. The van der Waals surface area contributed by atoms with E-state index in [1.807, 2.05) is 31.2 Å². The summed E-state index contributed by atoms with van der Waals surface area (Å²) in [4.78, 5) is 22.2. The van der Waals surface area contributed by atoms with Crippen LogP contribution in [0.15, 0.2) is 42.7 Å². The molecule has 0 fully saturated rings. The minimum absolute atomic E-state index is 0.107. The van der Waals surface area contributed by atoms with Crippen molar-refractivity contribution < 1.29 is 9.72 Å². The standard InChI is InChI=1S/C17H17ClN6O3/c1-12-8-16(21-23(12)10-13-4-2-3-5-15(13)18)20-17(25)6-7-22-11-14(9-19-22)24(26)27/h2-5,8-9,11H,6-7,10H2,1H3,(H,20,21,25). The molecule has 10 heteroatoms. The number of hydrogen-bond acceptors (Lipinski definition) is 5. The smallest absolute Gasteiger partial charge is 0.306 e. The number of carbonyl (C=O) groups excluding carboxylic acids is 1. The summed E-state index contributed by atoms with van der Waals surface area (Å²) >= 11 is 6.18. The number of hydrogen-bond donors (Lipinski definition) is 1. The van der Waals surface area contributed by atoms with E-state index in [1.165, 1.54) is 10.9 Å². The lowest BCUT2D eigenvalue weighted by atomic mass is 10.2. The van der Waals surface area contributed by atoms with Gasteiger partial charge in [0.05, 0.1) is 11.5 Å². The third-order valence-corrected chi connectivity index (χ3v) is 4.29. The molecule has 0 aliphatic carbocycles. The van der Waals surface area contributed by atoms with Gasteiger partial charge in [-0.3, -0.25) is 24.3 Å². The maximum Gasteiger partial charge on any atom is 0.306 e. The van der Waals surface area contributed by atoms with E-state index in [0.29, 0.717) is 17.4 Å². The second-order valence-electron chi connectivity index (χ2n) is 5.94. The van der Waals surface area contributed by atoms with Crippen molar-refractivity contribution in [1.82, 2.24) is 19.6 Å². The predicted molar refractivity (Wildman–Crippen MR) is 99.6 cm³/mol. The topological polar surface area (TPSA) is 108 Å². The fourth-order valence-corrected chi connectivity index (χ4v) is 2.71. The Morgan fingerprint density at radius 2 is 2.15 bits per heavy atom. The molecule has 0 spiro atoms. The summed E-state index contributed by atoms with van der Waals surface area (Å²) in [5.41, 5.74) is 1.71. The first-order valence-corrected chi connectivity index (χ1v) is 8.55. The Kier molecular flexibility index (Phi) is 5.51. The van der Waals surface area contributed by atoms with Crippen LogP contribution >= 0.6 is 11.6 Å². The van der Waals surface area contributed by atoms with Crippen molar-refractivity contribution in [2.45, 2.75) is 26.4 Å². The summed E-state index contributed by atoms with van der Waals surface area (Å²) in [6, 6.07) is 9.28. The van der Waals surface area contributed by atoms with Crippen molar-refractivity contribution in [2.24, 2.45) is 0 Å². The van der Waals surface area contributed by atoms with E-state index in [1.54, 1.807) is 10.7 Å². The predicted octanol–water partition coefficient (Wildman–Crippen LogP) is 3.03. The molecule has 2 aromatic heterocycles. The first-order chi connectivity index (χ1) is 12.9. The molecular formula is C17H17ClN6O3. The zero-order chi connectivity index (χ0) is 19.4. The minimum atomic E-state index is -0.530. The Morgan fingerprint density at radius 3 is 2.85 bits per heavy atom. The van der Waals surface area contributed by atoms with Gasteiger partial charge in [-0.05, 0) is 18.6 Å². The number of nitro groups is 1. The van der Waals surface area contributed by atoms with Crippen LogP contribution < -0.4 is 5.32 Å². The van der Waals surface area contributed by atoms with Crippen LogP contribution in [0.5, 0.6) is 0 Å². The first-order valence-electron chi connectivity index (χ1n) is 8.17. The van der Waals surface area contributed by atoms with E-state index >= 15 is 0 Å². The van der Waals surface area contributed by atoms with E-state index in [0.717, 1.165) is 17.5 Å². The molecule has 0 saturated carbocycles. The molecule has 140 valence electrons. The molecule has 1 N–H and O–H groups in total.